The summed E-state index contributed by atoms with van der Waals surface area (Å²) in [5.41, 5.74) is -0.414. The second-order valence-corrected chi connectivity index (χ2v) is 6.12. The minimum absolute atomic E-state index is 0.303. The summed E-state index contributed by atoms with van der Waals surface area (Å²) in [6, 6.07) is 0. The van der Waals surface area contributed by atoms with Gasteiger partial charge in [-0.1, -0.05) is 0 Å². The lowest BCUT2D eigenvalue weighted by Gasteiger charge is -2.21. The van der Waals surface area contributed by atoms with E-state index in [0.29, 0.717) is 18.1 Å². The molecule has 1 amide bonds. The predicted octanol–water partition coefficient (Wildman–Crippen LogP) is 2.47. The summed E-state index contributed by atoms with van der Waals surface area (Å²) < 4.78 is 10.7. The number of ether oxygens (including phenoxy) is 2. The number of alkyl carbamates (subject to hydrolysis) is 1. The average Bonchev–Trinajstić information content (AvgIpc) is 2.90. The zero-order chi connectivity index (χ0) is 12.5. The summed E-state index contributed by atoms with van der Waals surface area (Å²) >= 11 is 0. The maximum absolute atomic E-state index is 11.5. The highest BCUT2D eigenvalue weighted by Crippen LogP contribution is 2.36. The standard InChI is InChI=1S/C13H23NO3/c1-13(2,3)17-12(15)14-8-9-4-6-10-11(16-10)7-5-9/h9-11H,4-8H2,1-3H3,(H,14,15). The van der Waals surface area contributed by atoms with Crippen molar-refractivity contribution in [3.05, 3.63) is 0 Å². The number of nitrogens with one attached hydrogen (secondary N) is 1. The predicted molar refractivity (Wildman–Crippen MR) is 64.9 cm³/mol. The van der Waals surface area contributed by atoms with E-state index in [4.69, 9.17) is 9.47 Å². The number of amides is 1. The molecule has 2 rings (SSSR count). The summed E-state index contributed by atoms with van der Waals surface area (Å²) in [6.45, 7) is 6.36. The van der Waals surface area contributed by atoms with E-state index in [1.165, 1.54) is 0 Å². The molecule has 1 aliphatic heterocycles. The summed E-state index contributed by atoms with van der Waals surface area (Å²) in [4.78, 5) is 11.5. The molecule has 1 heterocycles. The summed E-state index contributed by atoms with van der Waals surface area (Å²) in [6.07, 6.45) is 5.32. The molecular weight excluding hydrogens is 218 g/mol. The second-order valence-electron chi connectivity index (χ2n) is 6.12. The molecule has 2 aliphatic rings. The number of carbonyl (C=O) groups excluding carboxylic acids is 1. The molecule has 0 aromatic rings. The van der Waals surface area contributed by atoms with E-state index >= 15 is 0 Å². The number of carbonyl (C=O) groups is 1. The van der Waals surface area contributed by atoms with E-state index in [1.54, 1.807) is 0 Å². The third kappa shape index (κ3) is 4.19. The number of rotatable bonds is 2. The fourth-order valence-electron chi connectivity index (χ4n) is 2.38. The smallest absolute Gasteiger partial charge is 0.407 e. The van der Waals surface area contributed by atoms with Gasteiger partial charge >= 0.3 is 6.09 Å². The van der Waals surface area contributed by atoms with Gasteiger partial charge in [0.25, 0.3) is 0 Å². The van der Waals surface area contributed by atoms with Gasteiger partial charge in [0.2, 0.25) is 0 Å². The largest absolute Gasteiger partial charge is 0.444 e. The second kappa shape index (κ2) is 4.84. The molecule has 0 spiro atoms. The van der Waals surface area contributed by atoms with E-state index in [9.17, 15) is 4.79 Å². The van der Waals surface area contributed by atoms with E-state index in [1.807, 2.05) is 20.8 Å². The molecule has 4 heteroatoms. The van der Waals surface area contributed by atoms with Crippen molar-refractivity contribution >= 4 is 6.09 Å². The third-order valence-corrected chi connectivity index (χ3v) is 3.34. The number of epoxide rings is 1. The van der Waals surface area contributed by atoms with Gasteiger partial charge in [-0.2, -0.15) is 0 Å². The van der Waals surface area contributed by atoms with Crippen LogP contribution in [0.1, 0.15) is 46.5 Å². The molecule has 2 atom stereocenters. The van der Waals surface area contributed by atoms with Crippen LogP contribution >= 0.6 is 0 Å². The van der Waals surface area contributed by atoms with Crippen molar-refractivity contribution in [3.8, 4) is 0 Å². The third-order valence-electron chi connectivity index (χ3n) is 3.34. The minimum Gasteiger partial charge on any atom is -0.444 e. The topological polar surface area (TPSA) is 50.9 Å². The quantitative estimate of drug-likeness (QED) is 0.756. The van der Waals surface area contributed by atoms with Crippen LogP contribution in [0.5, 0.6) is 0 Å². The van der Waals surface area contributed by atoms with Gasteiger partial charge < -0.3 is 14.8 Å². The highest BCUT2D eigenvalue weighted by molar-refractivity contribution is 5.67. The van der Waals surface area contributed by atoms with E-state index < -0.39 is 5.60 Å². The molecule has 17 heavy (non-hydrogen) atoms. The van der Waals surface area contributed by atoms with E-state index in [0.717, 1.165) is 32.2 Å². The van der Waals surface area contributed by atoms with E-state index in [2.05, 4.69) is 5.32 Å². The Labute approximate surface area is 103 Å². The van der Waals surface area contributed by atoms with Crippen LogP contribution < -0.4 is 5.32 Å². The molecule has 1 saturated heterocycles. The molecule has 0 aromatic heterocycles. The normalized spacial score (nSPS) is 32.3. The molecule has 1 aliphatic carbocycles. The molecule has 0 bridgehead atoms. The maximum Gasteiger partial charge on any atom is 0.407 e. The van der Waals surface area contributed by atoms with Gasteiger partial charge in [0.15, 0.2) is 0 Å². The minimum atomic E-state index is -0.414. The Morgan fingerprint density at radius 2 is 1.82 bits per heavy atom. The molecule has 1 N–H and O–H groups in total. The van der Waals surface area contributed by atoms with Crippen LogP contribution in [-0.2, 0) is 9.47 Å². The van der Waals surface area contributed by atoms with E-state index in [-0.39, 0.29) is 6.09 Å². The lowest BCUT2D eigenvalue weighted by molar-refractivity contribution is 0.0517. The van der Waals surface area contributed by atoms with Crippen LogP contribution in [0.4, 0.5) is 4.79 Å². The molecule has 1 saturated carbocycles. The number of fused-ring (bicyclic) bond motifs is 1. The van der Waals surface area contributed by atoms with Crippen LogP contribution in [0, 0.1) is 5.92 Å². The molecule has 2 unspecified atom stereocenters. The van der Waals surface area contributed by atoms with Crippen LogP contribution in [0.3, 0.4) is 0 Å². The first-order valence-electron chi connectivity index (χ1n) is 6.56. The Hall–Kier alpha value is -0.770. The molecule has 0 aromatic carbocycles. The van der Waals surface area contributed by atoms with Crippen LogP contribution in [0.25, 0.3) is 0 Å². The lowest BCUT2D eigenvalue weighted by atomic mass is 10.0. The SMILES string of the molecule is CC(C)(C)OC(=O)NCC1CCC2OC2CC1. The highest BCUT2D eigenvalue weighted by Gasteiger charge is 2.40. The van der Waals surface area contributed by atoms with Crippen molar-refractivity contribution in [1.29, 1.82) is 0 Å². The fraction of sp³-hybridized carbons (Fsp3) is 0.923. The Bertz CT molecular complexity index is 273. The van der Waals surface area contributed by atoms with Gasteiger partial charge in [-0.15, -0.1) is 0 Å². The van der Waals surface area contributed by atoms with Crippen LogP contribution in [0.2, 0.25) is 0 Å². The Morgan fingerprint density at radius 3 is 2.35 bits per heavy atom. The van der Waals surface area contributed by atoms with Crippen molar-refractivity contribution in [1.82, 2.24) is 5.32 Å². The fourth-order valence-corrected chi connectivity index (χ4v) is 2.38. The monoisotopic (exact) mass is 241 g/mol. The maximum atomic E-state index is 11.5. The van der Waals surface area contributed by atoms with Crippen molar-refractivity contribution in [2.45, 2.75) is 64.3 Å². The molecule has 98 valence electrons. The summed E-state index contributed by atoms with van der Waals surface area (Å²) in [7, 11) is 0. The van der Waals surface area contributed by atoms with Gasteiger partial charge in [-0.05, 0) is 52.4 Å². The van der Waals surface area contributed by atoms with Gasteiger partial charge in [-0.25, -0.2) is 4.79 Å². The van der Waals surface area contributed by atoms with Crippen molar-refractivity contribution < 1.29 is 14.3 Å². The zero-order valence-corrected chi connectivity index (χ0v) is 11.0. The molecule has 2 fully saturated rings. The summed E-state index contributed by atoms with van der Waals surface area (Å²) in [5.74, 6) is 0.582. The van der Waals surface area contributed by atoms with Crippen molar-refractivity contribution in [2.75, 3.05) is 6.54 Å². The zero-order valence-electron chi connectivity index (χ0n) is 11.0. The Kier molecular flexibility index (Phi) is 3.61. The van der Waals surface area contributed by atoms with Gasteiger partial charge in [0.05, 0.1) is 12.2 Å². The average molecular weight is 241 g/mol. The summed E-state index contributed by atoms with van der Waals surface area (Å²) in [5, 5.41) is 2.86. The van der Waals surface area contributed by atoms with Gasteiger partial charge in [0, 0.05) is 6.54 Å². The van der Waals surface area contributed by atoms with Crippen LogP contribution in [-0.4, -0.2) is 30.4 Å². The molecule has 4 nitrogen and oxygen atoms in total. The first-order valence-corrected chi connectivity index (χ1v) is 6.56. The lowest BCUT2D eigenvalue weighted by Crippen LogP contribution is -2.35. The molecule has 0 radical (unpaired) electrons. The van der Waals surface area contributed by atoms with Crippen molar-refractivity contribution in [2.24, 2.45) is 5.92 Å². The van der Waals surface area contributed by atoms with Crippen LogP contribution in [0.15, 0.2) is 0 Å². The Morgan fingerprint density at radius 1 is 1.24 bits per heavy atom. The number of hydrogen-bond acceptors (Lipinski definition) is 3. The first kappa shape index (κ1) is 12.7. The Balaban J connectivity index is 1.65. The molecular formula is C13H23NO3. The van der Waals surface area contributed by atoms with Crippen molar-refractivity contribution in [3.63, 3.8) is 0 Å². The first-order chi connectivity index (χ1) is 7.94. The highest BCUT2D eigenvalue weighted by atomic mass is 16.6. The van der Waals surface area contributed by atoms with Gasteiger partial charge in [0.1, 0.15) is 5.60 Å². The van der Waals surface area contributed by atoms with Gasteiger partial charge in [-0.3, -0.25) is 0 Å². The number of hydrogen-bond donors (Lipinski definition) is 1.